The molecule has 0 radical (unpaired) electrons. The molecule has 0 spiro atoms. The van der Waals surface area contributed by atoms with Crippen molar-refractivity contribution in [2.75, 3.05) is 6.54 Å². The molecule has 2 saturated carbocycles. The molecule has 0 amide bonds. The van der Waals surface area contributed by atoms with Crippen LogP contribution in [-0.2, 0) is 6.42 Å². The van der Waals surface area contributed by atoms with E-state index in [0.29, 0.717) is 6.04 Å². The summed E-state index contributed by atoms with van der Waals surface area (Å²) in [5.41, 5.74) is 7.16. The Bertz CT molecular complexity index is 392. The molecule has 2 aliphatic carbocycles. The van der Waals surface area contributed by atoms with Crippen LogP contribution in [0.4, 0.5) is 0 Å². The quantitative estimate of drug-likeness (QED) is 0.903. The molecule has 3 nitrogen and oxygen atoms in total. The molecule has 106 valence electrons. The molecule has 2 unspecified atom stereocenters. The topological polar surface area (TPSA) is 43.8 Å². The predicted molar refractivity (Wildman–Crippen MR) is 77.9 cm³/mol. The third-order valence-electron chi connectivity index (χ3n) is 5.20. The van der Waals surface area contributed by atoms with E-state index in [2.05, 4.69) is 16.9 Å². The monoisotopic (exact) mass is 261 g/mol. The van der Waals surface area contributed by atoms with Crippen molar-refractivity contribution in [2.24, 2.45) is 17.6 Å². The first-order chi connectivity index (χ1) is 9.36. The molecule has 2 atom stereocenters. The first-order valence-electron chi connectivity index (χ1n) is 8.11. The standard InChI is InChI=1S/C16H27N3/c17-12-14-6-4-5-13(14)11-15-9-10-19(18-15)16-7-2-1-3-8-16/h9-10,13-14,16H,1-8,11-12,17H2. The Labute approximate surface area is 116 Å². The molecule has 19 heavy (non-hydrogen) atoms. The highest BCUT2D eigenvalue weighted by Gasteiger charge is 2.27. The van der Waals surface area contributed by atoms with Gasteiger partial charge >= 0.3 is 0 Å². The molecule has 0 bridgehead atoms. The van der Waals surface area contributed by atoms with Gasteiger partial charge in [0.25, 0.3) is 0 Å². The second-order valence-electron chi connectivity index (χ2n) is 6.47. The van der Waals surface area contributed by atoms with Crippen LogP contribution in [-0.4, -0.2) is 16.3 Å². The fourth-order valence-corrected chi connectivity index (χ4v) is 4.00. The second-order valence-corrected chi connectivity index (χ2v) is 6.47. The molecule has 1 aromatic rings. The summed E-state index contributed by atoms with van der Waals surface area (Å²) in [4.78, 5) is 0. The Hall–Kier alpha value is -0.830. The van der Waals surface area contributed by atoms with Gasteiger partial charge in [-0.25, -0.2) is 0 Å². The van der Waals surface area contributed by atoms with Crippen molar-refractivity contribution in [2.45, 2.75) is 63.8 Å². The van der Waals surface area contributed by atoms with E-state index >= 15 is 0 Å². The molecule has 0 aliphatic heterocycles. The number of nitrogens with zero attached hydrogens (tertiary/aromatic N) is 2. The minimum absolute atomic E-state index is 0.663. The maximum Gasteiger partial charge on any atom is 0.0627 e. The molecule has 1 aromatic heterocycles. The third-order valence-corrected chi connectivity index (χ3v) is 5.20. The van der Waals surface area contributed by atoms with E-state index in [1.807, 2.05) is 0 Å². The number of hydrogen-bond acceptors (Lipinski definition) is 2. The van der Waals surface area contributed by atoms with Gasteiger partial charge in [0.2, 0.25) is 0 Å². The second kappa shape index (κ2) is 6.08. The maximum atomic E-state index is 5.87. The number of hydrogen-bond donors (Lipinski definition) is 1. The number of aromatic nitrogens is 2. The number of nitrogens with two attached hydrogens (primary N) is 1. The van der Waals surface area contributed by atoms with Crippen LogP contribution < -0.4 is 5.73 Å². The zero-order chi connectivity index (χ0) is 13.1. The van der Waals surface area contributed by atoms with E-state index in [-0.39, 0.29) is 0 Å². The van der Waals surface area contributed by atoms with Crippen LogP contribution in [0.25, 0.3) is 0 Å². The highest BCUT2D eigenvalue weighted by molar-refractivity contribution is 5.03. The van der Waals surface area contributed by atoms with Gasteiger partial charge in [-0.15, -0.1) is 0 Å². The highest BCUT2D eigenvalue weighted by atomic mass is 15.3. The van der Waals surface area contributed by atoms with Gasteiger partial charge < -0.3 is 5.73 Å². The van der Waals surface area contributed by atoms with E-state index < -0.39 is 0 Å². The molecule has 0 saturated heterocycles. The predicted octanol–water partition coefficient (Wildman–Crippen LogP) is 3.31. The first-order valence-corrected chi connectivity index (χ1v) is 8.11. The lowest BCUT2D eigenvalue weighted by Crippen LogP contribution is -2.20. The van der Waals surface area contributed by atoms with Gasteiger partial charge in [0.1, 0.15) is 0 Å². The average molecular weight is 261 g/mol. The molecular formula is C16H27N3. The minimum Gasteiger partial charge on any atom is -0.330 e. The lowest BCUT2D eigenvalue weighted by molar-refractivity contribution is 0.325. The zero-order valence-electron chi connectivity index (χ0n) is 11.9. The van der Waals surface area contributed by atoms with Crippen molar-refractivity contribution in [3.05, 3.63) is 18.0 Å². The van der Waals surface area contributed by atoms with Gasteiger partial charge in [0.15, 0.2) is 0 Å². The smallest absolute Gasteiger partial charge is 0.0627 e. The van der Waals surface area contributed by atoms with Gasteiger partial charge in [-0.1, -0.05) is 25.7 Å². The molecular weight excluding hydrogens is 234 g/mol. The van der Waals surface area contributed by atoms with E-state index in [9.17, 15) is 0 Å². The van der Waals surface area contributed by atoms with Crippen molar-refractivity contribution in [3.63, 3.8) is 0 Å². The van der Waals surface area contributed by atoms with Crippen molar-refractivity contribution in [3.8, 4) is 0 Å². The van der Waals surface area contributed by atoms with Crippen LogP contribution in [0.2, 0.25) is 0 Å². The summed E-state index contributed by atoms with van der Waals surface area (Å²) in [6.07, 6.45) is 14.2. The lowest BCUT2D eigenvalue weighted by atomic mass is 9.92. The molecule has 2 aliphatic rings. The van der Waals surface area contributed by atoms with Gasteiger partial charge in [-0.2, -0.15) is 5.10 Å². The van der Waals surface area contributed by atoms with Crippen LogP contribution in [0, 0.1) is 11.8 Å². The van der Waals surface area contributed by atoms with Gasteiger partial charge in [0, 0.05) is 6.20 Å². The Balaban J connectivity index is 1.61. The maximum absolute atomic E-state index is 5.87. The molecule has 2 N–H and O–H groups in total. The normalized spacial score (nSPS) is 28.9. The largest absolute Gasteiger partial charge is 0.330 e. The molecule has 3 rings (SSSR count). The average Bonchev–Trinajstić information content (AvgIpc) is 3.09. The molecule has 0 aromatic carbocycles. The lowest BCUT2D eigenvalue weighted by Gasteiger charge is -2.22. The molecule has 1 heterocycles. The summed E-state index contributed by atoms with van der Waals surface area (Å²) < 4.78 is 2.24. The van der Waals surface area contributed by atoms with Crippen molar-refractivity contribution in [1.29, 1.82) is 0 Å². The van der Waals surface area contributed by atoms with E-state index in [1.165, 1.54) is 57.1 Å². The summed E-state index contributed by atoms with van der Waals surface area (Å²) in [6.45, 7) is 0.855. The number of rotatable bonds is 4. The van der Waals surface area contributed by atoms with Crippen molar-refractivity contribution < 1.29 is 0 Å². The van der Waals surface area contributed by atoms with Gasteiger partial charge in [-0.3, -0.25) is 4.68 Å². The third kappa shape index (κ3) is 3.02. The van der Waals surface area contributed by atoms with Crippen LogP contribution in [0.15, 0.2) is 12.3 Å². The van der Waals surface area contributed by atoms with Gasteiger partial charge in [0.05, 0.1) is 11.7 Å². The Morgan fingerprint density at radius 3 is 2.63 bits per heavy atom. The van der Waals surface area contributed by atoms with Crippen molar-refractivity contribution >= 4 is 0 Å². The van der Waals surface area contributed by atoms with E-state index in [1.54, 1.807) is 0 Å². The summed E-state index contributed by atoms with van der Waals surface area (Å²) in [5, 5.41) is 4.84. The van der Waals surface area contributed by atoms with Crippen molar-refractivity contribution in [1.82, 2.24) is 9.78 Å². The van der Waals surface area contributed by atoms with Crippen LogP contribution in [0.5, 0.6) is 0 Å². The zero-order valence-corrected chi connectivity index (χ0v) is 11.9. The van der Waals surface area contributed by atoms with Crippen LogP contribution in [0.1, 0.15) is 63.1 Å². The summed E-state index contributed by atoms with van der Waals surface area (Å²) >= 11 is 0. The molecule has 3 heteroatoms. The minimum atomic E-state index is 0.663. The van der Waals surface area contributed by atoms with Crippen LogP contribution >= 0.6 is 0 Å². The summed E-state index contributed by atoms with van der Waals surface area (Å²) in [7, 11) is 0. The van der Waals surface area contributed by atoms with Crippen LogP contribution in [0.3, 0.4) is 0 Å². The fourth-order valence-electron chi connectivity index (χ4n) is 4.00. The SMILES string of the molecule is NCC1CCCC1Cc1ccn(C2CCCCC2)n1. The highest BCUT2D eigenvalue weighted by Crippen LogP contribution is 2.33. The van der Waals surface area contributed by atoms with E-state index in [0.717, 1.165) is 24.8 Å². The Morgan fingerprint density at radius 1 is 1.05 bits per heavy atom. The fraction of sp³-hybridized carbons (Fsp3) is 0.812. The Kier molecular flexibility index (Phi) is 4.21. The Morgan fingerprint density at radius 2 is 1.84 bits per heavy atom. The first kappa shape index (κ1) is 13.2. The summed E-state index contributed by atoms with van der Waals surface area (Å²) in [5.74, 6) is 1.51. The summed E-state index contributed by atoms with van der Waals surface area (Å²) in [6, 6.07) is 2.90. The van der Waals surface area contributed by atoms with Gasteiger partial charge in [-0.05, 0) is 56.6 Å². The molecule has 2 fully saturated rings. The van der Waals surface area contributed by atoms with E-state index in [4.69, 9.17) is 10.8 Å².